The van der Waals surface area contributed by atoms with Gasteiger partial charge in [-0.1, -0.05) is 26.7 Å². The molecule has 3 nitrogen and oxygen atoms in total. The van der Waals surface area contributed by atoms with E-state index in [1.54, 1.807) is 7.11 Å². The molecule has 0 spiro atoms. The van der Waals surface area contributed by atoms with Crippen LogP contribution in [0.3, 0.4) is 0 Å². The van der Waals surface area contributed by atoms with Crippen LogP contribution in [0.2, 0.25) is 0 Å². The standard InChI is InChI=1S/C15H29NO2/c1-12-7-6-9-15(11-12,16(3)4)14(17)13(2)8-10-18-5/h12-13H,6-11H2,1-5H3. The monoisotopic (exact) mass is 255 g/mol. The summed E-state index contributed by atoms with van der Waals surface area (Å²) in [6, 6.07) is 0. The van der Waals surface area contributed by atoms with Crippen LogP contribution in [0.4, 0.5) is 0 Å². The van der Waals surface area contributed by atoms with E-state index in [0.717, 1.165) is 19.3 Å². The Balaban J connectivity index is 2.80. The van der Waals surface area contributed by atoms with Crippen molar-refractivity contribution in [1.29, 1.82) is 0 Å². The van der Waals surface area contributed by atoms with Gasteiger partial charge in [-0.3, -0.25) is 9.69 Å². The molecule has 1 aliphatic rings. The van der Waals surface area contributed by atoms with Gasteiger partial charge in [0, 0.05) is 19.6 Å². The van der Waals surface area contributed by atoms with Crippen molar-refractivity contribution in [2.24, 2.45) is 11.8 Å². The van der Waals surface area contributed by atoms with Crippen molar-refractivity contribution in [2.45, 2.75) is 51.5 Å². The number of hydrogen-bond acceptors (Lipinski definition) is 3. The number of hydrogen-bond donors (Lipinski definition) is 0. The van der Waals surface area contributed by atoms with E-state index in [1.165, 1.54) is 12.8 Å². The summed E-state index contributed by atoms with van der Waals surface area (Å²) in [5.41, 5.74) is -0.231. The SMILES string of the molecule is COCCC(C)C(=O)C1(N(C)C)CCCC(C)C1. The van der Waals surface area contributed by atoms with Crippen LogP contribution in [0.5, 0.6) is 0 Å². The number of rotatable bonds is 6. The zero-order chi connectivity index (χ0) is 13.8. The lowest BCUT2D eigenvalue weighted by Crippen LogP contribution is -2.55. The molecule has 0 heterocycles. The molecule has 106 valence electrons. The van der Waals surface area contributed by atoms with E-state index in [-0.39, 0.29) is 11.5 Å². The van der Waals surface area contributed by atoms with Crippen LogP contribution < -0.4 is 0 Å². The number of carbonyl (C=O) groups excluding carboxylic acids is 1. The van der Waals surface area contributed by atoms with Gasteiger partial charge in [-0.15, -0.1) is 0 Å². The Bertz CT molecular complexity index is 278. The van der Waals surface area contributed by atoms with Gasteiger partial charge in [0.2, 0.25) is 0 Å². The zero-order valence-corrected chi connectivity index (χ0v) is 12.7. The molecule has 0 aliphatic heterocycles. The fourth-order valence-electron chi connectivity index (χ4n) is 3.26. The third-order valence-electron chi connectivity index (χ3n) is 4.49. The quantitative estimate of drug-likeness (QED) is 0.731. The highest BCUT2D eigenvalue weighted by molar-refractivity contribution is 5.90. The van der Waals surface area contributed by atoms with Gasteiger partial charge in [-0.05, 0) is 39.3 Å². The predicted octanol–water partition coefficient (Wildman–Crippen LogP) is 2.74. The molecule has 0 saturated heterocycles. The first-order valence-electron chi connectivity index (χ1n) is 7.14. The van der Waals surface area contributed by atoms with Gasteiger partial charge in [0.05, 0.1) is 5.54 Å². The van der Waals surface area contributed by atoms with Crippen molar-refractivity contribution in [1.82, 2.24) is 4.90 Å². The summed E-state index contributed by atoms with van der Waals surface area (Å²) in [5, 5.41) is 0. The lowest BCUT2D eigenvalue weighted by atomic mass is 9.70. The molecule has 0 aromatic rings. The average molecular weight is 255 g/mol. The summed E-state index contributed by atoms with van der Waals surface area (Å²) in [6.07, 6.45) is 5.29. The van der Waals surface area contributed by atoms with Crippen molar-refractivity contribution in [3.63, 3.8) is 0 Å². The third kappa shape index (κ3) is 3.33. The second-order valence-electron chi connectivity index (χ2n) is 6.17. The van der Waals surface area contributed by atoms with Gasteiger partial charge in [0.25, 0.3) is 0 Å². The molecule has 3 atom stereocenters. The van der Waals surface area contributed by atoms with Gasteiger partial charge in [0.15, 0.2) is 5.78 Å². The molecule has 18 heavy (non-hydrogen) atoms. The highest BCUT2D eigenvalue weighted by Gasteiger charge is 2.44. The number of ether oxygens (including phenoxy) is 1. The van der Waals surface area contributed by atoms with Crippen LogP contribution in [0.15, 0.2) is 0 Å². The Morgan fingerprint density at radius 3 is 2.67 bits per heavy atom. The van der Waals surface area contributed by atoms with E-state index in [4.69, 9.17) is 4.74 Å². The van der Waals surface area contributed by atoms with Crippen LogP contribution >= 0.6 is 0 Å². The van der Waals surface area contributed by atoms with Crippen molar-refractivity contribution >= 4 is 5.78 Å². The van der Waals surface area contributed by atoms with Crippen LogP contribution in [-0.2, 0) is 9.53 Å². The minimum Gasteiger partial charge on any atom is -0.385 e. The molecule has 3 unspecified atom stereocenters. The molecule has 0 N–H and O–H groups in total. The van der Waals surface area contributed by atoms with E-state index >= 15 is 0 Å². The largest absolute Gasteiger partial charge is 0.385 e. The second-order valence-corrected chi connectivity index (χ2v) is 6.17. The number of carbonyl (C=O) groups is 1. The molecule has 0 aromatic heterocycles. The van der Waals surface area contributed by atoms with Crippen LogP contribution in [0.1, 0.15) is 46.0 Å². The summed E-state index contributed by atoms with van der Waals surface area (Å²) < 4.78 is 5.10. The van der Waals surface area contributed by atoms with E-state index in [9.17, 15) is 4.79 Å². The van der Waals surface area contributed by atoms with Gasteiger partial charge in [0.1, 0.15) is 0 Å². The van der Waals surface area contributed by atoms with E-state index in [2.05, 4.69) is 25.9 Å². The van der Waals surface area contributed by atoms with Crippen molar-refractivity contribution in [2.75, 3.05) is 27.8 Å². The summed E-state index contributed by atoms with van der Waals surface area (Å²) in [7, 11) is 5.81. The lowest BCUT2D eigenvalue weighted by Gasteiger charge is -2.45. The Labute approximate surface area is 112 Å². The molecule has 1 fully saturated rings. The fourth-order valence-corrected chi connectivity index (χ4v) is 3.26. The van der Waals surface area contributed by atoms with Gasteiger partial charge in [-0.2, -0.15) is 0 Å². The summed E-state index contributed by atoms with van der Waals surface area (Å²) in [4.78, 5) is 15.0. The molecule has 3 heteroatoms. The van der Waals surface area contributed by atoms with E-state index in [0.29, 0.717) is 18.3 Å². The van der Waals surface area contributed by atoms with E-state index < -0.39 is 0 Å². The third-order valence-corrected chi connectivity index (χ3v) is 4.49. The smallest absolute Gasteiger partial charge is 0.155 e. The Kier molecular flexibility index (Phi) is 5.80. The van der Waals surface area contributed by atoms with Crippen LogP contribution in [0.25, 0.3) is 0 Å². The minimum absolute atomic E-state index is 0.0950. The first-order valence-corrected chi connectivity index (χ1v) is 7.14. The number of methoxy groups -OCH3 is 1. The van der Waals surface area contributed by atoms with Gasteiger partial charge < -0.3 is 4.74 Å². The van der Waals surface area contributed by atoms with Gasteiger partial charge >= 0.3 is 0 Å². The highest BCUT2D eigenvalue weighted by Crippen LogP contribution is 2.38. The van der Waals surface area contributed by atoms with Crippen molar-refractivity contribution < 1.29 is 9.53 Å². The highest BCUT2D eigenvalue weighted by atomic mass is 16.5. The second kappa shape index (κ2) is 6.67. The van der Waals surface area contributed by atoms with Crippen molar-refractivity contribution in [3.8, 4) is 0 Å². The summed E-state index contributed by atoms with van der Waals surface area (Å²) in [5.74, 6) is 1.16. The number of ketones is 1. The predicted molar refractivity (Wildman–Crippen MR) is 74.7 cm³/mol. The van der Waals surface area contributed by atoms with Gasteiger partial charge in [-0.25, -0.2) is 0 Å². The molecule has 1 aliphatic carbocycles. The van der Waals surface area contributed by atoms with Crippen LogP contribution in [0, 0.1) is 11.8 Å². The van der Waals surface area contributed by atoms with E-state index in [1.807, 2.05) is 6.92 Å². The zero-order valence-electron chi connectivity index (χ0n) is 12.7. The average Bonchev–Trinajstić information content (AvgIpc) is 2.34. The maximum Gasteiger partial charge on any atom is 0.155 e. The maximum absolute atomic E-state index is 12.8. The molecule has 0 bridgehead atoms. The molecular formula is C15H29NO2. The molecule has 0 aromatic carbocycles. The Morgan fingerprint density at radius 2 is 2.17 bits per heavy atom. The molecule has 0 amide bonds. The molecule has 1 saturated carbocycles. The number of Topliss-reactive ketones (excluding diaryl/α,β-unsaturated/α-hetero) is 1. The number of likely N-dealkylation sites (N-methyl/N-ethyl adjacent to an activating group) is 1. The lowest BCUT2D eigenvalue weighted by molar-refractivity contribution is -0.137. The summed E-state index contributed by atoms with van der Waals surface area (Å²) in [6.45, 7) is 4.99. The summed E-state index contributed by atoms with van der Waals surface area (Å²) >= 11 is 0. The molecule has 0 radical (unpaired) electrons. The Hall–Kier alpha value is -0.410. The Morgan fingerprint density at radius 1 is 1.50 bits per heavy atom. The maximum atomic E-state index is 12.8. The first-order chi connectivity index (χ1) is 8.44. The normalized spacial score (nSPS) is 30.4. The van der Waals surface area contributed by atoms with Crippen LogP contribution in [-0.4, -0.2) is 44.0 Å². The first kappa shape index (κ1) is 15.6. The minimum atomic E-state index is -0.231. The molecule has 1 rings (SSSR count). The fraction of sp³-hybridized carbons (Fsp3) is 0.933. The van der Waals surface area contributed by atoms with Crippen molar-refractivity contribution in [3.05, 3.63) is 0 Å². The molecular weight excluding hydrogens is 226 g/mol. The number of nitrogens with zero attached hydrogens (tertiary/aromatic N) is 1. The topological polar surface area (TPSA) is 29.5 Å².